The van der Waals surface area contributed by atoms with Crippen LogP contribution in [0.1, 0.15) is 6.92 Å². The van der Waals surface area contributed by atoms with Gasteiger partial charge < -0.3 is 10.0 Å². The molecule has 1 aliphatic rings. The Labute approximate surface area is 76.8 Å². The molecule has 1 unspecified atom stereocenters. The van der Waals surface area contributed by atoms with Crippen LogP contribution >= 0.6 is 0 Å². The number of hydrogen-bond donors (Lipinski definition) is 1. The van der Waals surface area contributed by atoms with Crippen molar-refractivity contribution in [1.82, 2.24) is 4.90 Å². The van der Waals surface area contributed by atoms with Crippen molar-refractivity contribution >= 4 is 21.1 Å². The first-order chi connectivity index (χ1) is 5.95. The number of carbonyl (C=O) groups is 1. The smallest absolute Gasteiger partial charge is 0.332 e. The molecule has 0 saturated heterocycles. The van der Waals surface area contributed by atoms with E-state index < -0.39 is 22.3 Å². The molecule has 0 saturated carbocycles. The van der Waals surface area contributed by atoms with Gasteiger partial charge in [-0.25, -0.2) is 4.79 Å². The van der Waals surface area contributed by atoms with E-state index in [-0.39, 0.29) is 4.86 Å². The minimum absolute atomic E-state index is 0.0903. The Bertz CT molecular complexity index is 398. The lowest BCUT2D eigenvalue weighted by Crippen LogP contribution is -2.38. The first-order valence-corrected chi connectivity index (χ1v) is 4.62. The number of likely N-dealkylation sites (N-methyl/N-ethyl adjacent to an activating group) is 1. The third kappa shape index (κ3) is 1.57. The van der Waals surface area contributed by atoms with Gasteiger partial charge in [0.05, 0.1) is 0 Å². The monoisotopic (exact) mass is 203 g/mol. The van der Waals surface area contributed by atoms with Crippen molar-refractivity contribution in [3.05, 3.63) is 11.8 Å². The number of aliphatic carboxylic acids is 1. The van der Waals surface area contributed by atoms with Crippen LogP contribution in [-0.2, 0) is 15.1 Å². The molecule has 0 aromatic heterocycles. The highest BCUT2D eigenvalue weighted by Gasteiger charge is 2.33. The largest absolute Gasteiger partial charge is 0.479 e. The van der Waals surface area contributed by atoms with E-state index in [2.05, 4.69) is 0 Å². The molecule has 0 aliphatic carbocycles. The number of allylic oxidation sites excluding steroid dienone is 1. The topological polar surface area (TPSA) is 74.7 Å². The van der Waals surface area contributed by atoms with Gasteiger partial charge in [0.2, 0.25) is 10.3 Å². The van der Waals surface area contributed by atoms with E-state index in [0.717, 1.165) is 0 Å². The summed E-state index contributed by atoms with van der Waals surface area (Å²) in [6, 6.07) is -1.07. The fraction of sp³-hybridized carbons (Fsp3) is 0.429. The Hall–Kier alpha value is -1.30. The lowest BCUT2D eigenvalue weighted by atomic mass is 10.2. The Morgan fingerprint density at radius 3 is 2.46 bits per heavy atom. The summed E-state index contributed by atoms with van der Waals surface area (Å²) >= 11 is 0. The Kier molecular flexibility index (Phi) is 2.42. The minimum atomic E-state index is -2.47. The molecule has 0 amide bonds. The molecule has 0 aromatic rings. The third-order valence-corrected chi connectivity index (χ3v) is 2.72. The van der Waals surface area contributed by atoms with Gasteiger partial charge in [0.15, 0.2) is 6.04 Å². The van der Waals surface area contributed by atoms with E-state index in [1.165, 1.54) is 11.0 Å². The molecule has 6 heteroatoms. The molecule has 1 heterocycles. The summed E-state index contributed by atoms with van der Waals surface area (Å²) < 4.78 is 21.3. The van der Waals surface area contributed by atoms with Gasteiger partial charge in [-0.2, -0.15) is 8.42 Å². The predicted octanol–water partition coefficient (Wildman–Crippen LogP) is -0.660. The Morgan fingerprint density at radius 2 is 2.15 bits per heavy atom. The van der Waals surface area contributed by atoms with Gasteiger partial charge >= 0.3 is 5.97 Å². The average Bonchev–Trinajstić information content (AvgIpc) is 2.28. The fourth-order valence-electron chi connectivity index (χ4n) is 1.21. The van der Waals surface area contributed by atoms with E-state index in [4.69, 9.17) is 5.11 Å². The van der Waals surface area contributed by atoms with Crippen LogP contribution in [0.2, 0.25) is 0 Å². The van der Waals surface area contributed by atoms with Crippen LogP contribution in [0.3, 0.4) is 0 Å². The lowest BCUT2D eigenvalue weighted by Gasteiger charge is -2.18. The van der Waals surface area contributed by atoms with Crippen LogP contribution in [0.4, 0.5) is 0 Å². The quantitative estimate of drug-likeness (QED) is 0.573. The molecule has 0 bridgehead atoms. The van der Waals surface area contributed by atoms with Crippen molar-refractivity contribution < 1.29 is 18.3 Å². The molecule has 1 N–H and O–H groups in total. The zero-order valence-corrected chi connectivity index (χ0v) is 8.00. The maximum Gasteiger partial charge on any atom is 0.332 e. The predicted molar refractivity (Wildman–Crippen MR) is 46.9 cm³/mol. The number of carboxylic acids is 1. The second kappa shape index (κ2) is 3.21. The Morgan fingerprint density at radius 1 is 1.62 bits per heavy atom. The standard InChI is InChI=1S/C7H9NO4S/c1-4-3-5(13(11)12)6(7(9)10)8(4)2/h3,6H,1-2H3,(H,9,10). The van der Waals surface area contributed by atoms with Crippen molar-refractivity contribution in [2.45, 2.75) is 13.0 Å². The van der Waals surface area contributed by atoms with Crippen molar-refractivity contribution in [1.29, 1.82) is 0 Å². The normalized spacial score (nSPS) is 21.7. The summed E-state index contributed by atoms with van der Waals surface area (Å²) in [7, 11) is -0.919. The summed E-state index contributed by atoms with van der Waals surface area (Å²) in [5, 5.41) is 8.75. The highest BCUT2D eigenvalue weighted by molar-refractivity contribution is 7.73. The van der Waals surface area contributed by atoms with Crippen molar-refractivity contribution in [3.8, 4) is 0 Å². The summed E-state index contributed by atoms with van der Waals surface area (Å²) in [5.41, 5.74) is 0.631. The molecule has 0 aromatic carbocycles. The third-order valence-electron chi connectivity index (χ3n) is 1.99. The number of rotatable bonds is 1. The van der Waals surface area contributed by atoms with Crippen LogP contribution in [-0.4, -0.2) is 42.3 Å². The SMILES string of the molecule is CC1=CC(=S(=O)=O)C(C(=O)O)N1C. The van der Waals surface area contributed by atoms with E-state index in [1.807, 2.05) is 0 Å². The highest BCUT2D eigenvalue weighted by atomic mass is 32.2. The lowest BCUT2D eigenvalue weighted by molar-refractivity contribution is -0.139. The van der Waals surface area contributed by atoms with Gasteiger partial charge in [0.25, 0.3) is 0 Å². The van der Waals surface area contributed by atoms with Crippen molar-refractivity contribution in [2.24, 2.45) is 0 Å². The van der Waals surface area contributed by atoms with E-state index in [1.54, 1.807) is 14.0 Å². The second-order valence-electron chi connectivity index (χ2n) is 2.77. The van der Waals surface area contributed by atoms with Gasteiger partial charge in [-0.05, 0) is 13.0 Å². The van der Waals surface area contributed by atoms with Crippen LogP contribution in [0.5, 0.6) is 0 Å². The molecule has 0 fully saturated rings. The second-order valence-corrected chi connectivity index (χ2v) is 3.72. The fourth-order valence-corrected chi connectivity index (χ4v) is 1.92. The maximum absolute atomic E-state index is 10.7. The maximum atomic E-state index is 10.7. The van der Waals surface area contributed by atoms with Gasteiger partial charge in [-0.15, -0.1) is 0 Å². The molecule has 5 nitrogen and oxygen atoms in total. The summed E-state index contributed by atoms with van der Waals surface area (Å²) in [5.74, 6) is -1.16. The molecule has 13 heavy (non-hydrogen) atoms. The molecule has 0 radical (unpaired) electrons. The minimum Gasteiger partial charge on any atom is -0.479 e. The van der Waals surface area contributed by atoms with Gasteiger partial charge in [0.1, 0.15) is 4.86 Å². The zero-order chi connectivity index (χ0) is 10.2. The molecule has 1 rings (SSSR count). The molecule has 1 atom stereocenters. The molecule has 0 spiro atoms. The van der Waals surface area contributed by atoms with Crippen molar-refractivity contribution in [2.75, 3.05) is 7.05 Å². The molecule has 1 aliphatic heterocycles. The van der Waals surface area contributed by atoms with Crippen LogP contribution in [0, 0.1) is 0 Å². The number of hydrogen-bond acceptors (Lipinski definition) is 4. The molecule has 72 valence electrons. The highest BCUT2D eigenvalue weighted by Crippen LogP contribution is 2.16. The molecular weight excluding hydrogens is 194 g/mol. The summed E-state index contributed by atoms with van der Waals surface area (Å²) in [6.07, 6.45) is 1.36. The van der Waals surface area contributed by atoms with E-state index in [0.29, 0.717) is 5.70 Å². The van der Waals surface area contributed by atoms with Crippen molar-refractivity contribution in [3.63, 3.8) is 0 Å². The van der Waals surface area contributed by atoms with Gasteiger partial charge in [-0.3, -0.25) is 0 Å². The Balaban J connectivity index is 3.27. The van der Waals surface area contributed by atoms with Gasteiger partial charge in [-0.1, -0.05) is 0 Å². The number of nitrogens with zero attached hydrogens (tertiary/aromatic N) is 1. The van der Waals surface area contributed by atoms with Gasteiger partial charge in [0, 0.05) is 12.7 Å². The van der Waals surface area contributed by atoms with E-state index in [9.17, 15) is 13.2 Å². The zero-order valence-electron chi connectivity index (χ0n) is 7.18. The first-order valence-electron chi connectivity index (χ1n) is 3.55. The van der Waals surface area contributed by atoms with Crippen LogP contribution in [0.15, 0.2) is 11.8 Å². The summed E-state index contributed by atoms with van der Waals surface area (Å²) in [6.45, 7) is 1.66. The first kappa shape index (κ1) is 9.79. The van der Waals surface area contributed by atoms with Crippen LogP contribution in [0.25, 0.3) is 0 Å². The molecular formula is C7H9NO4S. The summed E-state index contributed by atoms with van der Waals surface area (Å²) in [4.78, 5) is 12.0. The average molecular weight is 203 g/mol. The number of carboxylic acid groups (broad SMARTS) is 1. The van der Waals surface area contributed by atoms with Crippen LogP contribution < -0.4 is 0 Å². The van der Waals surface area contributed by atoms with E-state index >= 15 is 0 Å².